The Hall–Kier alpha value is -2.38. The molecule has 2 rings (SSSR count). The molecule has 22 heavy (non-hydrogen) atoms. The van der Waals surface area contributed by atoms with Crippen LogP contribution in [0.4, 0.5) is 10.6 Å². The van der Waals surface area contributed by atoms with Crippen LogP contribution in [0.3, 0.4) is 0 Å². The van der Waals surface area contributed by atoms with Gasteiger partial charge in [0, 0.05) is 6.54 Å². The molecule has 1 amide bonds. The molecule has 1 fully saturated rings. The van der Waals surface area contributed by atoms with Crippen molar-refractivity contribution in [3.8, 4) is 5.75 Å². The van der Waals surface area contributed by atoms with Crippen molar-refractivity contribution in [1.29, 1.82) is 0 Å². The highest BCUT2D eigenvalue weighted by atomic mass is 16.6. The van der Waals surface area contributed by atoms with E-state index in [0.29, 0.717) is 6.54 Å². The van der Waals surface area contributed by atoms with E-state index in [-0.39, 0.29) is 24.2 Å². The molecule has 0 unspecified atom stereocenters. The molecule has 8 nitrogen and oxygen atoms in total. The standard InChI is InChI=1S/C14H19N3O5/c1-14(2,3)22-13(18)16-8-6-10(16)9-21-11-5-4-7-15-12(11)17(19)20/h4-5,7,10H,6,8-9H2,1-3H3/t10-/m0/s1. The van der Waals surface area contributed by atoms with Crippen LogP contribution in [0.15, 0.2) is 18.3 Å². The molecule has 1 aliphatic heterocycles. The van der Waals surface area contributed by atoms with Crippen molar-refractivity contribution in [3.05, 3.63) is 28.4 Å². The van der Waals surface area contributed by atoms with Gasteiger partial charge in [0.15, 0.2) is 0 Å². The number of nitrogens with zero attached hydrogens (tertiary/aromatic N) is 3. The van der Waals surface area contributed by atoms with Gasteiger partial charge in [-0.2, -0.15) is 0 Å². The molecule has 1 saturated heterocycles. The van der Waals surface area contributed by atoms with E-state index in [2.05, 4.69) is 4.98 Å². The summed E-state index contributed by atoms with van der Waals surface area (Å²) in [5.74, 6) is -0.228. The summed E-state index contributed by atoms with van der Waals surface area (Å²) in [6.45, 7) is 6.17. The average molecular weight is 309 g/mol. The molecule has 1 atom stereocenters. The van der Waals surface area contributed by atoms with Gasteiger partial charge in [-0.3, -0.25) is 0 Å². The number of hydrogen-bond acceptors (Lipinski definition) is 6. The molecule has 2 heterocycles. The topological polar surface area (TPSA) is 94.8 Å². The highest BCUT2D eigenvalue weighted by Gasteiger charge is 2.36. The highest BCUT2D eigenvalue weighted by Crippen LogP contribution is 2.26. The van der Waals surface area contributed by atoms with Gasteiger partial charge in [-0.1, -0.05) is 0 Å². The fourth-order valence-corrected chi connectivity index (χ4v) is 1.99. The second kappa shape index (κ2) is 6.17. The number of carbonyl (C=O) groups excluding carboxylic acids is 1. The van der Waals surface area contributed by atoms with E-state index in [4.69, 9.17) is 9.47 Å². The SMILES string of the molecule is CC(C)(C)OC(=O)N1CC[C@H]1COc1cccnc1[N+](=O)[O-]. The van der Waals surface area contributed by atoms with Crippen molar-refractivity contribution >= 4 is 11.9 Å². The van der Waals surface area contributed by atoms with Gasteiger partial charge < -0.3 is 24.5 Å². The van der Waals surface area contributed by atoms with E-state index in [1.54, 1.807) is 31.7 Å². The maximum Gasteiger partial charge on any atom is 0.410 e. The quantitative estimate of drug-likeness (QED) is 0.626. The molecule has 0 saturated carbocycles. The first-order valence-electron chi connectivity index (χ1n) is 7.00. The summed E-state index contributed by atoms with van der Waals surface area (Å²) in [7, 11) is 0. The molecule has 1 aromatic heterocycles. The number of rotatable bonds is 4. The van der Waals surface area contributed by atoms with Crippen LogP contribution >= 0.6 is 0 Å². The lowest BCUT2D eigenvalue weighted by atomic mass is 10.1. The van der Waals surface area contributed by atoms with Gasteiger partial charge in [-0.25, -0.2) is 4.79 Å². The molecule has 1 aromatic rings. The molecule has 0 spiro atoms. The average Bonchev–Trinajstić information content (AvgIpc) is 2.35. The number of pyridine rings is 1. The summed E-state index contributed by atoms with van der Waals surface area (Å²) in [6, 6.07) is 2.91. The van der Waals surface area contributed by atoms with Crippen molar-refractivity contribution in [2.45, 2.75) is 38.8 Å². The number of nitro groups is 1. The lowest BCUT2D eigenvalue weighted by Gasteiger charge is -2.40. The third-order valence-electron chi connectivity index (χ3n) is 3.13. The fraction of sp³-hybridized carbons (Fsp3) is 0.571. The van der Waals surface area contributed by atoms with Crippen LogP contribution in [0.1, 0.15) is 27.2 Å². The summed E-state index contributed by atoms with van der Waals surface area (Å²) in [6.07, 6.45) is 1.71. The van der Waals surface area contributed by atoms with Crippen LogP contribution < -0.4 is 4.74 Å². The monoisotopic (exact) mass is 309 g/mol. The maximum atomic E-state index is 12.0. The highest BCUT2D eigenvalue weighted by molar-refractivity contribution is 5.69. The Balaban J connectivity index is 1.93. The van der Waals surface area contributed by atoms with E-state index < -0.39 is 16.6 Å². The van der Waals surface area contributed by atoms with Gasteiger partial charge >= 0.3 is 11.9 Å². The van der Waals surface area contributed by atoms with Crippen LogP contribution in [0.25, 0.3) is 0 Å². The minimum Gasteiger partial charge on any atom is -0.483 e. The largest absolute Gasteiger partial charge is 0.483 e. The Bertz CT molecular complexity index is 570. The molecule has 0 radical (unpaired) electrons. The van der Waals surface area contributed by atoms with Gasteiger partial charge in [0.1, 0.15) is 18.4 Å². The van der Waals surface area contributed by atoms with E-state index >= 15 is 0 Å². The van der Waals surface area contributed by atoms with Crippen molar-refractivity contribution in [2.24, 2.45) is 0 Å². The van der Waals surface area contributed by atoms with E-state index in [1.165, 1.54) is 12.3 Å². The fourth-order valence-electron chi connectivity index (χ4n) is 1.99. The van der Waals surface area contributed by atoms with Gasteiger partial charge in [0.2, 0.25) is 5.75 Å². The number of hydrogen-bond donors (Lipinski definition) is 0. The first-order valence-corrected chi connectivity index (χ1v) is 7.00. The maximum absolute atomic E-state index is 12.0. The van der Waals surface area contributed by atoms with E-state index in [0.717, 1.165) is 6.42 Å². The van der Waals surface area contributed by atoms with E-state index in [9.17, 15) is 14.9 Å². The molecule has 120 valence electrons. The van der Waals surface area contributed by atoms with Crippen LogP contribution in [0.5, 0.6) is 5.75 Å². The lowest BCUT2D eigenvalue weighted by molar-refractivity contribution is -0.390. The van der Waals surface area contributed by atoms with Gasteiger partial charge in [-0.15, -0.1) is 0 Å². The second-order valence-corrected chi connectivity index (χ2v) is 6.01. The molecule has 1 aliphatic rings. The summed E-state index contributed by atoms with van der Waals surface area (Å²) in [5.41, 5.74) is -0.555. The minimum absolute atomic E-state index is 0.100. The molecule has 0 N–H and O–H groups in total. The lowest BCUT2D eigenvalue weighted by Crippen LogP contribution is -2.55. The number of amides is 1. The summed E-state index contributed by atoms with van der Waals surface area (Å²) in [5, 5.41) is 10.9. The van der Waals surface area contributed by atoms with Crippen molar-refractivity contribution in [2.75, 3.05) is 13.2 Å². The van der Waals surface area contributed by atoms with Crippen molar-refractivity contribution in [3.63, 3.8) is 0 Å². The Morgan fingerprint density at radius 2 is 2.27 bits per heavy atom. The number of carbonyl (C=O) groups is 1. The normalized spacial score (nSPS) is 17.6. The third kappa shape index (κ3) is 3.84. The number of ether oxygens (including phenoxy) is 2. The van der Waals surface area contributed by atoms with E-state index in [1.807, 2.05) is 0 Å². The van der Waals surface area contributed by atoms with Crippen LogP contribution in [0, 0.1) is 10.1 Å². The van der Waals surface area contributed by atoms with Crippen LogP contribution in [-0.4, -0.2) is 45.7 Å². The Morgan fingerprint density at radius 1 is 1.55 bits per heavy atom. The zero-order chi connectivity index (χ0) is 16.3. The summed E-state index contributed by atoms with van der Waals surface area (Å²) < 4.78 is 10.8. The molecule has 8 heteroatoms. The Morgan fingerprint density at radius 3 is 2.82 bits per heavy atom. The van der Waals surface area contributed by atoms with Crippen molar-refractivity contribution in [1.82, 2.24) is 9.88 Å². The molecule has 0 bridgehead atoms. The second-order valence-electron chi connectivity index (χ2n) is 6.01. The third-order valence-corrected chi connectivity index (χ3v) is 3.13. The summed E-state index contributed by atoms with van der Waals surface area (Å²) in [4.78, 5) is 27.5. The molecular weight excluding hydrogens is 290 g/mol. The first kappa shape index (κ1) is 16.0. The van der Waals surface area contributed by atoms with Gasteiger partial charge in [-0.05, 0) is 49.2 Å². The minimum atomic E-state index is -0.595. The van der Waals surface area contributed by atoms with Gasteiger partial charge in [0.05, 0.1) is 6.04 Å². The predicted molar refractivity (Wildman–Crippen MR) is 77.7 cm³/mol. The Labute approximate surface area is 128 Å². The zero-order valence-electron chi connectivity index (χ0n) is 12.8. The van der Waals surface area contributed by atoms with Crippen LogP contribution in [0.2, 0.25) is 0 Å². The first-order chi connectivity index (χ1) is 10.3. The zero-order valence-corrected chi connectivity index (χ0v) is 12.8. The Kier molecular flexibility index (Phi) is 4.48. The predicted octanol–water partition coefficient (Wildman–Crippen LogP) is 2.38. The van der Waals surface area contributed by atoms with Gasteiger partial charge in [0.25, 0.3) is 0 Å². The smallest absolute Gasteiger partial charge is 0.410 e. The molecular formula is C14H19N3O5. The summed E-state index contributed by atoms with van der Waals surface area (Å²) >= 11 is 0. The molecule has 0 aliphatic carbocycles. The van der Waals surface area contributed by atoms with Crippen LogP contribution in [-0.2, 0) is 4.74 Å². The molecule has 0 aromatic carbocycles. The van der Waals surface area contributed by atoms with Crippen molar-refractivity contribution < 1.29 is 19.2 Å². The number of likely N-dealkylation sites (tertiary alicyclic amines) is 1. The number of aromatic nitrogens is 1.